The fourth-order valence-corrected chi connectivity index (χ4v) is 2.80. The van der Waals surface area contributed by atoms with Crippen LogP contribution in [0.25, 0.3) is 22.0 Å². The summed E-state index contributed by atoms with van der Waals surface area (Å²) in [6.45, 7) is 0. The van der Waals surface area contributed by atoms with Crippen molar-refractivity contribution in [3.05, 3.63) is 70.3 Å². The Hall–Kier alpha value is -3.72. The van der Waals surface area contributed by atoms with Gasteiger partial charge in [-0.15, -0.1) is 0 Å². The molecule has 0 aliphatic carbocycles. The molecule has 0 radical (unpaired) electrons. The zero-order valence-electron chi connectivity index (χ0n) is 12.3. The highest BCUT2D eigenvalue weighted by molar-refractivity contribution is 6.37. The molecular weight excluding hydrogens is 304 g/mol. The molecule has 2 heterocycles. The number of anilines is 1. The molecule has 1 aliphatic rings. The van der Waals surface area contributed by atoms with Crippen LogP contribution < -0.4 is 10.9 Å². The molecule has 2 N–H and O–H groups in total. The number of nitrogens with one attached hydrogen (secondary N) is 2. The van der Waals surface area contributed by atoms with Crippen LogP contribution in [0.4, 0.5) is 5.69 Å². The van der Waals surface area contributed by atoms with Gasteiger partial charge in [0.1, 0.15) is 11.6 Å². The molecule has 4 rings (SSSR count). The summed E-state index contributed by atoms with van der Waals surface area (Å²) in [6.07, 6.45) is 0. The number of hydrogen-bond acceptors (Lipinski definition) is 4. The van der Waals surface area contributed by atoms with Gasteiger partial charge in [0.25, 0.3) is 11.5 Å². The second-order valence-corrected chi connectivity index (χ2v) is 5.29. The van der Waals surface area contributed by atoms with Crippen LogP contribution in [-0.4, -0.2) is 15.9 Å². The maximum atomic E-state index is 12.3. The van der Waals surface area contributed by atoms with Gasteiger partial charge in [0.05, 0.1) is 16.5 Å². The van der Waals surface area contributed by atoms with E-state index in [9.17, 15) is 14.9 Å². The summed E-state index contributed by atoms with van der Waals surface area (Å²) >= 11 is 0. The van der Waals surface area contributed by atoms with Gasteiger partial charge in [0, 0.05) is 11.3 Å². The molecule has 0 saturated carbocycles. The Kier molecular flexibility index (Phi) is 3.00. The maximum absolute atomic E-state index is 12.3. The topological polar surface area (TPSA) is 98.6 Å². The van der Waals surface area contributed by atoms with Crippen molar-refractivity contribution in [2.75, 3.05) is 5.32 Å². The molecular formula is C18H10N4O2. The monoisotopic (exact) mass is 314 g/mol. The molecule has 1 aromatic heterocycles. The van der Waals surface area contributed by atoms with E-state index in [0.29, 0.717) is 22.2 Å². The number of allylic oxidation sites excluding steroid dienone is 1. The van der Waals surface area contributed by atoms with Crippen molar-refractivity contribution < 1.29 is 4.79 Å². The predicted molar refractivity (Wildman–Crippen MR) is 89.9 cm³/mol. The van der Waals surface area contributed by atoms with Gasteiger partial charge in [-0.3, -0.25) is 9.59 Å². The van der Waals surface area contributed by atoms with E-state index in [2.05, 4.69) is 15.3 Å². The smallest absolute Gasteiger partial charge is 0.259 e. The Balaban J connectivity index is 2.03. The number of para-hydroxylation sites is 2. The Morgan fingerprint density at radius 1 is 1.04 bits per heavy atom. The summed E-state index contributed by atoms with van der Waals surface area (Å²) in [5, 5.41) is 12.7. The predicted octanol–water partition coefficient (Wildman–Crippen LogP) is 2.31. The average molecular weight is 314 g/mol. The SMILES string of the molecule is N#C/C(=C1\C(=O)Nc2ccccc21)c1nc2ccccc2c(=O)[nH]1. The highest BCUT2D eigenvalue weighted by Gasteiger charge is 2.28. The number of carbonyl (C=O) groups excluding carboxylic acids is 1. The van der Waals surface area contributed by atoms with Gasteiger partial charge in [-0.2, -0.15) is 5.26 Å². The standard InChI is InChI=1S/C18H10N4O2/c19-9-12(15-10-5-1-3-7-13(10)21-18(15)24)16-20-14-8-4-2-6-11(14)17(23)22-16/h1-8H,(H,21,24)(H,20,22,23)/b15-12+. The van der Waals surface area contributed by atoms with Crippen LogP contribution in [-0.2, 0) is 4.79 Å². The molecule has 6 heteroatoms. The third-order valence-corrected chi connectivity index (χ3v) is 3.88. The Labute approximate surface area is 136 Å². The molecule has 0 unspecified atom stereocenters. The third-order valence-electron chi connectivity index (χ3n) is 3.88. The Bertz CT molecular complexity index is 1140. The van der Waals surface area contributed by atoms with Crippen LogP contribution >= 0.6 is 0 Å². The van der Waals surface area contributed by atoms with Crippen LogP contribution in [0.5, 0.6) is 0 Å². The molecule has 1 aliphatic heterocycles. The first kappa shape index (κ1) is 13.9. The number of benzene rings is 2. The van der Waals surface area contributed by atoms with E-state index in [4.69, 9.17) is 0 Å². The summed E-state index contributed by atoms with van der Waals surface area (Å²) < 4.78 is 0. The normalized spacial score (nSPS) is 14.9. The first-order chi connectivity index (χ1) is 11.7. The van der Waals surface area contributed by atoms with E-state index in [-0.39, 0.29) is 28.4 Å². The largest absolute Gasteiger partial charge is 0.321 e. The van der Waals surface area contributed by atoms with Crippen molar-refractivity contribution in [3.63, 3.8) is 0 Å². The van der Waals surface area contributed by atoms with Crippen LogP contribution in [0.3, 0.4) is 0 Å². The van der Waals surface area contributed by atoms with E-state index >= 15 is 0 Å². The lowest BCUT2D eigenvalue weighted by molar-refractivity contribution is -0.110. The first-order valence-corrected chi connectivity index (χ1v) is 7.23. The molecule has 0 atom stereocenters. The van der Waals surface area contributed by atoms with E-state index in [1.807, 2.05) is 6.07 Å². The number of nitrogens with zero attached hydrogens (tertiary/aromatic N) is 2. The van der Waals surface area contributed by atoms with Crippen LogP contribution in [0, 0.1) is 11.3 Å². The summed E-state index contributed by atoms with van der Waals surface area (Å²) in [5.41, 5.74) is 1.63. The molecule has 24 heavy (non-hydrogen) atoms. The van der Waals surface area contributed by atoms with Gasteiger partial charge >= 0.3 is 0 Å². The summed E-state index contributed by atoms with van der Waals surface area (Å²) in [4.78, 5) is 31.5. The van der Waals surface area contributed by atoms with Crippen molar-refractivity contribution in [3.8, 4) is 6.07 Å². The van der Waals surface area contributed by atoms with Gasteiger partial charge < -0.3 is 10.3 Å². The highest BCUT2D eigenvalue weighted by atomic mass is 16.2. The molecule has 6 nitrogen and oxygen atoms in total. The Morgan fingerprint density at radius 2 is 1.79 bits per heavy atom. The van der Waals surface area contributed by atoms with Crippen molar-refractivity contribution >= 4 is 33.6 Å². The molecule has 0 bridgehead atoms. The fourth-order valence-electron chi connectivity index (χ4n) is 2.80. The molecule has 0 saturated heterocycles. The molecule has 0 spiro atoms. The summed E-state index contributed by atoms with van der Waals surface area (Å²) in [5.74, 6) is -0.299. The van der Waals surface area contributed by atoms with Crippen LogP contribution in [0.1, 0.15) is 11.4 Å². The number of amides is 1. The second-order valence-electron chi connectivity index (χ2n) is 5.29. The highest BCUT2D eigenvalue weighted by Crippen LogP contribution is 2.35. The maximum Gasteiger partial charge on any atom is 0.259 e. The van der Waals surface area contributed by atoms with Crippen molar-refractivity contribution in [2.45, 2.75) is 0 Å². The van der Waals surface area contributed by atoms with Gasteiger partial charge in [-0.1, -0.05) is 30.3 Å². The Morgan fingerprint density at radius 3 is 2.62 bits per heavy atom. The lowest BCUT2D eigenvalue weighted by Gasteiger charge is -2.04. The summed E-state index contributed by atoms with van der Waals surface area (Å²) in [7, 11) is 0. The number of H-pyrrole nitrogens is 1. The molecule has 1 amide bonds. The number of fused-ring (bicyclic) bond motifs is 2. The third kappa shape index (κ3) is 2.00. The van der Waals surface area contributed by atoms with Gasteiger partial charge in [0.2, 0.25) is 0 Å². The number of rotatable bonds is 1. The van der Waals surface area contributed by atoms with Crippen molar-refractivity contribution in [1.82, 2.24) is 9.97 Å². The van der Waals surface area contributed by atoms with Gasteiger partial charge in [-0.05, 0) is 18.2 Å². The minimum Gasteiger partial charge on any atom is -0.321 e. The second kappa shape index (κ2) is 5.18. The zero-order valence-corrected chi connectivity index (χ0v) is 12.3. The van der Waals surface area contributed by atoms with Gasteiger partial charge in [0.15, 0.2) is 5.82 Å². The molecule has 0 fully saturated rings. The number of carbonyl (C=O) groups is 1. The zero-order chi connectivity index (χ0) is 16.7. The van der Waals surface area contributed by atoms with E-state index in [0.717, 1.165) is 0 Å². The molecule has 114 valence electrons. The number of nitriles is 1. The van der Waals surface area contributed by atoms with Crippen molar-refractivity contribution in [1.29, 1.82) is 5.26 Å². The van der Waals surface area contributed by atoms with Crippen molar-refractivity contribution in [2.24, 2.45) is 0 Å². The quantitative estimate of drug-likeness (QED) is 0.532. The molecule has 2 aromatic carbocycles. The minimum absolute atomic E-state index is 0.0419. The molecule has 3 aromatic rings. The number of hydrogen-bond donors (Lipinski definition) is 2. The van der Waals surface area contributed by atoms with E-state index in [1.165, 1.54) is 0 Å². The van der Waals surface area contributed by atoms with E-state index in [1.54, 1.807) is 48.5 Å². The number of aromatic nitrogens is 2. The number of aromatic amines is 1. The summed E-state index contributed by atoms with van der Waals surface area (Å²) in [6, 6.07) is 15.9. The fraction of sp³-hybridized carbons (Fsp3) is 0. The van der Waals surface area contributed by atoms with Crippen LogP contribution in [0.2, 0.25) is 0 Å². The lowest BCUT2D eigenvalue weighted by atomic mass is 10.0. The lowest BCUT2D eigenvalue weighted by Crippen LogP contribution is -2.13. The average Bonchev–Trinajstić information content (AvgIpc) is 2.92. The first-order valence-electron chi connectivity index (χ1n) is 7.23. The minimum atomic E-state index is -0.386. The van der Waals surface area contributed by atoms with Crippen LogP contribution in [0.15, 0.2) is 53.3 Å². The van der Waals surface area contributed by atoms with Gasteiger partial charge in [-0.25, -0.2) is 4.98 Å². The van der Waals surface area contributed by atoms with E-state index < -0.39 is 0 Å².